The van der Waals surface area contributed by atoms with Gasteiger partial charge in [-0.05, 0) is 0 Å². The third-order valence-electron chi connectivity index (χ3n) is 7.51. The van der Waals surface area contributed by atoms with E-state index in [-0.39, 0.29) is 83.4 Å². The topological polar surface area (TPSA) is 330 Å². The van der Waals surface area contributed by atoms with Crippen LogP contribution >= 0.6 is 0 Å². The van der Waals surface area contributed by atoms with Crippen molar-refractivity contribution in [3.05, 3.63) is 0 Å². The number of aliphatic hydroxyl groups is 12. The second-order valence-corrected chi connectivity index (χ2v) is 12.7. The van der Waals surface area contributed by atoms with Crippen molar-refractivity contribution >= 4 is 0 Å². The predicted molar refractivity (Wildman–Crippen MR) is 167 cm³/mol. The smallest absolute Gasteiger partial charge is 0.151 e. The van der Waals surface area contributed by atoms with E-state index in [4.69, 9.17) is 89.7 Å². The Kier molecular flexibility index (Phi) is 47.3. The minimum Gasteiger partial charge on any atom is -0.412 e. The second kappa shape index (κ2) is 39.2. The number of aliphatic hydroxyl groups excluding tert-OH is 6. The van der Waals surface area contributed by atoms with Crippen molar-refractivity contribution in [3.63, 3.8) is 0 Å². The van der Waals surface area contributed by atoms with Gasteiger partial charge in [-0.15, -0.1) is 0 Å². The van der Waals surface area contributed by atoms with E-state index in [1.54, 1.807) is 0 Å². The standard InChI is InChI=1S/6C5H10O3.H2O.4Zn/c6*6-5(7)1-4-2-8-3-4;;;;;/h6*4-7H,1-3H2;1H2;;;;. The van der Waals surface area contributed by atoms with Crippen LogP contribution in [0.25, 0.3) is 0 Å². The van der Waals surface area contributed by atoms with Crippen molar-refractivity contribution in [1.29, 1.82) is 0 Å². The third kappa shape index (κ3) is 37.7. The zero-order valence-corrected chi connectivity index (χ0v) is 42.7. The molecule has 53 heavy (non-hydrogen) atoms. The monoisotopic (exact) mass is 982 g/mol. The van der Waals surface area contributed by atoms with Crippen molar-refractivity contribution in [1.82, 2.24) is 0 Å². The molecule has 0 unspecified atom stereocenters. The molecule has 6 aliphatic rings. The maximum absolute atomic E-state index is 8.39. The molecule has 23 heteroatoms. The first kappa shape index (κ1) is 63.9. The van der Waals surface area contributed by atoms with Gasteiger partial charge in [-0.25, -0.2) is 0 Å². The van der Waals surface area contributed by atoms with Gasteiger partial charge < -0.3 is 95.2 Å². The quantitative estimate of drug-likeness (QED) is 0.0645. The van der Waals surface area contributed by atoms with E-state index >= 15 is 0 Å². The van der Waals surface area contributed by atoms with E-state index in [1.165, 1.54) is 0 Å². The Bertz CT molecular complexity index is 585. The van der Waals surface area contributed by atoms with Gasteiger partial charge in [0, 0.05) is 152 Å². The molecule has 0 aromatic carbocycles. The molecule has 6 saturated heterocycles. The Morgan fingerprint density at radius 1 is 0.264 bits per heavy atom. The molecule has 0 radical (unpaired) electrons. The van der Waals surface area contributed by atoms with E-state index in [0.717, 1.165) is 0 Å². The first-order valence-corrected chi connectivity index (χ1v) is 16.4. The Hall–Kier alpha value is 1.73. The van der Waals surface area contributed by atoms with Gasteiger partial charge in [0.25, 0.3) is 0 Å². The van der Waals surface area contributed by atoms with Crippen LogP contribution in [0.2, 0.25) is 0 Å². The molecule has 6 heterocycles. The summed E-state index contributed by atoms with van der Waals surface area (Å²) in [5.74, 6) is 2.31. The van der Waals surface area contributed by atoms with Crippen LogP contribution in [0.4, 0.5) is 0 Å². The number of hydrogen-bond acceptors (Lipinski definition) is 18. The molecule has 14 N–H and O–H groups in total. The summed E-state index contributed by atoms with van der Waals surface area (Å²) in [4.78, 5) is 0. The Morgan fingerprint density at radius 3 is 0.377 bits per heavy atom. The molecule has 0 aromatic heterocycles. The van der Waals surface area contributed by atoms with E-state index < -0.39 is 37.7 Å². The third-order valence-corrected chi connectivity index (χ3v) is 7.51. The Morgan fingerprint density at radius 2 is 0.358 bits per heavy atom. The van der Waals surface area contributed by atoms with Crippen LogP contribution in [0.1, 0.15) is 38.5 Å². The largest absolute Gasteiger partial charge is 0.412 e. The molecule has 0 atom stereocenters. The van der Waals surface area contributed by atoms with Crippen LogP contribution in [0.5, 0.6) is 0 Å². The van der Waals surface area contributed by atoms with Gasteiger partial charge in [0.1, 0.15) is 0 Å². The summed E-state index contributed by atoms with van der Waals surface area (Å²) >= 11 is 0. The first-order valence-electron chi connectivity index (χ1n) is 16.4. The summed E-state index contributed by atoms with van der Waals surface area (Å²) < 4.78 is 28.9. The van der Waals surface area contributed by atoms with Gasteiger partial charge in [-0.2, -0.15) is 0 Å². The molecule has 304 valence electrons. The minimum atomic E-state index is -1.15. The average molecular weight is 988 g/mol. The van der Waals surface area contributed by atoms with E-state index in [1.807, 2.05) is 0 Å². The van der Waals surface area contributed by atoms with Crippen LogP contribution in [0, 0.1) is 35.5 Å². The summed E-state index contributed by atoms with van der Waals surface area (Å²) in [7, 11) is 0. The number of ether oxygens (including phenoxy) is 6. The number of rotatable bonds is 12. The molecule has 6 rings (SSSR count). The summed E-state index contributed by atoms with van der Waals surface area (Å²) in [6, 6.07) is 0. The molecule has 6 aliphatic heterocycles. The molecule has 0 bridgehead atoms. The van der Waals surface area contributed by atoms with Crippen molar-refractivity contribution in [2.75, 3.05) is 79.3 Å². The second-order valence-electron chi connectivity index (χ2n) is 12.7. The zero-order valence-electron chi connectivity index (χ0n) is 30.8. The van der Waals surface area contributed by atoms with Crippen molar-refractivity contribution in [2.24, 2.45) is 35.5 Å². The van der Waals surface area contributed by atoms with Crippen LogP contribution < -0.4 is 0 Å². The fourth-order valence-electron chi connectivity index (χ4n) is 4.31. The van der Waals surface area contributed by atoms with E-state index in [0.29, 0.717) is 153 Å². The molecular weight excluding hydrogens is 926 g/mol. The van der Waals surface area contributed by atoms with Gasteiger partial charge in [0.2, 0.25) is 0 Å². The van der Waals surface area contributed by atoms with Gasteiger partial charge in [0.05, 0.1) is 79.3 Å². The summed E-state index contributed by atoms with van der Waals surface area (Å²) in [6.07, 6.45) is -4.14. The van der Waals surface area contributed by atoms with Gasteiger partial charge in [-0.1, -0.05) is 0 Å². The SMILES string of the molecule is O.OC(O)CC1COC1.OC(O)CC1COC1.OC(O)CC1COC1.OC(O)CC1COC1.OC(O)CC1COC1.OC(O)CC1COC1.[Zn].[Zn].[Zn].[Zn]. The minimum absolute atomic E-state index is 0. The molecule has 19 nitrogen and oxygen atoms in total. The molecule has 0 aliphatic carbocycles. The van der Waals surface area contributed by atoms with Crippen LogP contribution in [0.3, 0.4) is 0 Å². The molecule has 0 aromatic rings. The summed E-state index contributed by atoms with van der Waals surface area (Å²) in [5, 5.41) is 101. The molecule has 0 spiro atoms. The average Bonchev–Trinajstić information content (AvgIpc) is 2.85. The Balaban J connectivity index is -0.000000171. The van der Waals surface area contributed by atoms with Crippen LogP contribution in [-0.2, 0) is 106 Å². The summed E-state index contributed by atoms with van der Waals surface area (Å²) in [5.41, 5.74) is 0. The molecular formula is C30H62O19Zn4. The van der Waals surface area contributed by atoms with Crippen molar-refractivity contribution in [3.8, 4) is 0 Å². The maximum atomic E-state index is 8.39. The van der Waals surface area contributed by atoms with Crippen molar-refractivity contribution in [2.45, 2.75) is 76.3 Å². The molecule has 0 amide bonds. The number of hydrogen-bond donors (Lipinski definition) is 12. The predicted octanol–water partition coefficient (Wildman–Crippen LogP) is -4.83. The fourth-order valence-corrected chi connectivity index (χ4v) is 4.31. The molecule has 6 fully saturated rings. The van der Waals surface area contributed by atoms with E-state index in [9.17, 15) is 0 Å². The normalized spacial score (nSPS) is 19.4. The first-order chi connectivity index (χ1) is 22.7. The fraction of sp³-hybridized carbons (Fsp3) is 1.00. The van der Waals surface area contributed by atoms with Crippen LogP contribution in [-0.4, -0.2) is 184 Å². The van der Waals surface area contributed by atoms with Crippen molar-refractivity contribution < 1.29 is 173 Å². The summed E-state index contributed by atoms with van der Waals surface area (Å²) in [6.45, 7) is 8.31. The zero-order chi connectivity index (χ0) is 35.9. The van der Waals surface area contributed by atoms with E-state index in [2.05, 4.69) is 0 Å². The maximum Gasteiger partial charge on any atom is 0.151 e. The van der Waals surface area contributed by atoms with Gasteiger partial charge in [-0.3, -0.25) is 0 Å². The van der Waals surface area contributed by atoms with Crippen LogP contribution in [0.15, 0.2) is 0 Å². The Labute approximate surface area is 362 Å². The van der Waals surface area contributed by atoms with Gasteiger partial charge in [0.15, 0.2) is 37.7 Å². The van der Waals surface area contributed by atoms with Gasteiger partial charge >= 0.3 is 0 Å². The molecule has 0 saturated carbocycles.